The summed E-state index contributed by atoms with van der Waals surface area (Å²) in [6, 6.07) is 0. The number of hydrogen-bond donors (Lipinski definition) is 2. The van der Waals surface area contributed by atoms with Gasteiger partial charge in [0.05, 0.1) is 12.5 Å². The lowest BCUT2D eigenvalue weighted by Crippen LogP contribution is -2.43. The van der Waals surface area contributed by atoms with Crippen molar-refractivity contribution in [3.63, 3.8) is 0 Å². The first-order valence-corrected chi connectivity index (χ1v) is 3.32. The van der Waals surface area contributed by atoms with Crippen LogP contribution in [0.15, 0.2) is 0 Å². The van der Waals surface area contributed by atoms with Crippen LogP contribution in [0.3, 0.4) is 0 Å². The first-order valence-electron chi connectivity index (χ1n) is 3.32. The Labute approximate surface area is 63.2 Å². The topological polar surface area (TPSA) is 77.8 Å². The molecule has 0 aromatic heterocycles. The summed E-state index contributed by atoms with van der Waals surface area (Å²) in [5.74, 6) is -0.517. The van der Waals surface area contributed by atoms with Crippen LogP contribution < -0.4 is 0 Å². The lowest BCUT2D eigenvalue weighted by molar-refractivity contribution is -0.134. The summed E-state index contributed by atoms with van der Waals surface area (Å²) in [5.41, 5.74) is 0. The number of rotatable bonds is 0. The fraction of sp³-hybridized carbons (Fsp3) is 0.667. The third-order valence-corrected chi connectivity index (χ3v) is 1.63. The number of aliphatic hydroxyl groups is 1. The number of hydrogen-bond acceptors (Lipinski definition) is 3. The highest BCUT2D eigenvalue weighted by atomic mass is 16.4. The summed E-state index contributed by atoms with van der Waals surface area (Å²) < 4.78 is 0. The van der Waals surface area contributed by atoms with Crippen LogP contribution in [0, 0.1) is 0 Å². The van der Waals surface area contributed by atoms with Gasteiger partial charge in [-0.1, -0.05) is 0 Å². The number of aliphatic hydroxyl groups excluding tert-OH is 1. The van der Waals surface area contributed by atoms with E-state index in [9.17, 15) is 9.59 Å². The molecule has 1 saturated heterocycles. The number of likely N-dealkylation sites (tertiary alicyclic amines) is 1. The molecule has 1 rings (SSSR count). The summed E-state index contributed by atoms with van der Waals surface area (Å²) in [4.78, 5) is 21.9. The van der Waals surface area contributed by atoms with Crippen LogP contribution in [0.2, 0.25) is 0 Å². The number of nitrogens with zero attached hydrogens (tertiary/aromatic N) is 1. The largest absolute Gasteiger partial charge is 0.465 e. The van der Waals surface area contributed by atoms with E-state index in [0.717, 1.165) is 4.90 Å². The maximum Gasteiger partial charge on any atom is 0.414 e. The molecule has 62 valence electrons. The first-order chi connectivity index (χ1) is 5.11. The molecule has 5 heteroatoms. The third-order valence-electron chi connectivity index (χ3n) is 1.63. The quantitative estimate of drug-likeness (QED) is 0.506. The average Bonchev–Trinajstić information content (AvgIpc) is 1.85. The molecule has 2 amide bonds. The Morgan fingerprint density at radius 2 is 2.27 bits per heavy atom. The number of imide groups is 1. The van der Waals surface area contributed by atoms with E-state index in [1.165, 1.54) is 0 Å². The van der Waals surface area contributed by atoms with Crippen molar-refractivity contribution in [3.8, 4) is 0 Å². The minimum absolute atomic E-state index is 0.0771. The van der Waals surface area contributed by atoms with Crippen LogP contribution in [0.5, 0.6) is 0 Å². The molecule has 0 saturated carbocycles. The molecule has 0 radical (unpaired) electrons. The Balaban J connectivity index is 2.58. The van der Waals surface area contributed by atoms with Gasteiger partial charge in [-0.15, -0.1) is 0 Å². The minimum atomic E-state index is -1.23. The Kier molecular flexibility index (Phi) is 2.09. The molecule has 1 atom stereocenters. The average molecular weight is 159 g/mol. The van der Waals surface area contributed by atoms with Crippen LogP contribution >= 0.6 is 0 Å². The minimum Gasteiger partial charge on any atom is -0.465 e. The fourth-order valence-corrected chi connectivity index (χ4v) is 1.02. The van der Waals surface area contributed by atoms with Gasteiger partial charge in [-0.3, -0.25) is 4.79 Å². The Morgan fingerprint density at radius 3 is 2.73 bits per heavy atom. The molecule has 1 heterocycles. The SMILES string of the molecule is O=C(O)N1CCC(O)CC1=O. The maximum absolute atomic E-state index is 10.8. The second kappa shape index (κ2) is 2.87. The van der Waals surface area contributed by atoms with Crippen molar-refractivity contribution in [2.45, 2.75) is 18.9 Å². The van der Waals surface area contributed by atoms with Gasteiger partial charge in [0, 0.05) is 6.54 Å². The van der Waals surface area contributed by atoms with E-state index in [1.54, 1.807) is 0 Å². The highest BCUT2D eigenvalue weighted by Crippen LogP contribution is 2.10. The molecule has 2 N–H and O–H groups in total. The van der Waals surface area contributed by atoms with Gasteiger partial charge in [0.25, 0.3) is 0 Å². The van der Waals surface area contributed by atoms with Gasteiger partial charge in [0.2, 0.25) is 5.91 Å². The second-order valence-electron chi connectivity index (χ2n) is 2.47. The number of piperidine rings is 1. The molecule has 0 aromatic rings. The third kappa shape index (κ3) is 1.68. The molecule has 1 aliphatic rings. The molecular formula is C6H9NO4. The van der Waals surface area contributed by atoms with Crippen LogP contribution in [0.1, 0.15) is 12.8 Å². The molecule has 5 nitrogen and oxygen atoms in total. The van der Waals surface area contributed by atoms with E-state index in [4.69, 9.17) is 10.2 Å². The van der Waals surface area contributed by atoms with E-state index in [1.807, 2.05) is 0 Å². The molecule has 11 heavy (non-hydrogen) atoms. The van der Waals surface area contributed by atoms with Gasteiger partial charge in [0.15, 0.2) is 0 Å². The molecule has 1 aliphatic heterocycles. The molecular weight excluding hydrogens is 150 g/mol. The second-order valence-corrected chi connectivity index (χ2v) is 2.47. The van der Waals surface area contributed by atoms with Gasteiger partial charge in [-0.05, 0) is 6.42 Å². The lowest BCUT2D eigenvalue weighted by atomic mass is 10.1. The Hall–Kier alpha value is -1.10. The number of amides is 2. The molecule has 0 aliphatic carbocycles. The summed E-state index contributed by atoms with van der Waals surface area (Å²) >= 11 is 0. The zero-order valence-corrected chi connectivity index (χ0v) is 5.86. The Morgan fingerprint density at radius 1 is 1.64 bits per heavy atom. The van der Waals surface area contributed by atoms with Gasteiger partial charge < -0.3 is 10.2 Å². The smallest absolute Gasteiger partial charge is 0.414 e. The molecule has 0 spiro atoms. The van der Waals surface area contributed by atoms with Crippen molar-refractivity contribution in [1.29, 1.82) is 0 Å². The van der Waals surface area contributed by atoms with Crippen molar-refractivity contribution in [2.75, 3.05) is 6.54 Å². The maximum atomic E-state index is 10.8. The fourth-order valence-electron chi connectivity index (χ4n) is 1.02. The molecule has 1 fully saturated rings. The number of carboxylic acid groups (broad SMARTS) is 1. The molecule has 0 bridgehead atoms. The van der Waals surface area contributed by atoms with Gasteiger partial charge >= 0.3 is 6.09 Å². The number of carbonyl (C=O) groups excluding carboxylic acids is 1. The van der Waals surface area contributed by atoms with E-state index in [2.05, 4.69) is 0 Å². The van der Waals surface area contributed by atoms with Crippen molar-refractivity contribution in [1.82, 2.24) is 4.90 Å². The zero-order valence-electron chi connectivity index (χ0n) is 5.86. The zero-order chi connectivity index (χ0) is 8.43. The molecule has 1 unspecified atom stereocenters. The van der Waals surface area contributed by atoms with Crippen LogP contribution in [-0.2, 0) is 4.79 Å². The standard InChI is InChI=1S/C6H9NO4/c8-4-1-2-7(6(10)11)5(9)3-4/h4,8H,1-3H2,(H,10,11). The lowest BCUT2D eigenvalue weighted by Gasteiger charge is -2.24. The van der Waals surface area contributed by atoms with Crippen molar-refractivity contribution >= 4 is 12.0 Å². The predicted octanol–water partition coefficient (Wildman–Crippen LogP) is -0.352. The van der Waals surface area contributed by atoms with Gasteiger partial charge in [0.1, 0.15) is 0 Å². The predicted molar refractivity (Wildman–Crippen MR) is 35.0 cm³/mol. The van der Waals surface area contributed by atoms with Crippen LogP contribution in [-0.4, -0.2) is 39.8 Å². The van der Waals surface area contributed by atoms with Crippen LogP contribution in [0.4, 0.5) is 4.79 Å². The van der Waals surface area contributed by atoms with Crippen LogP contribution in [0.25, 0.3) is 0 Å². The normalized spacial score (nSPS) is 25.4. The van der Waals surface area contributed by atoms with E-state index < -0.39 is 18.1 Å². The van der Waals surface area contributed by atoms with Gasteiger partial charge in [-0.2, -0.15) is 0 Å². The van der Waals surface area contributed by atoms with E-state index in [0.29, 0.717) is 6.42 Å². The van der Waals surface area contributed by atoms with Gasteiger partial charge in [-0.25, -0.2) is 9.69 Å². The highest BCUT2D eigenvalue weighted by Gasteiger charge is 2.28. The molecule has 0 aromatic carbocycles. The van der Waals surface area contributed by atoms with Crippen molar-refractivity contribution in [3.05, 3.63) is 0 Å². The van der Waals surface area contributed by atoms with Crippen molar-refractivity contribution < 1.29 is 19.8 Å². The van der Waals surface area contributed by atoms with Crippen molar-refractivity contribution in [2.24, 2.45) is 0 Å². The summed E-state index contributed by atoms with van der Waals surface area (Å²) in [6.45, 7) is 0.106. The summed E-state index contributed by atoms with van der Waals surface area (Å²) in [5, 5.41) is 17.4. The summed E-state index contributed by atoms with van der Waals surface area (Å²) in [7, 11) is 0. The number of carbonyl (C=O) groups is 2. The highest BCUT2D eigenvalue weighted by molar-refractivity contribution is 5.91. The van der Waals surface area contributed by atoms with E-state index >= 15 is 0 Å². The van der Waals surface area contributed by atoms with E-state index in [-0.39, 0.29) is 13.0 Å². The Bertz CT molecular complexity index is 191. The first kappa shape index (κ1) is 8.00. The summed E-state index contributed by atoms with van der Waals surface area (Å²) in [6.07, 6.45) is -1.63. The monoisotopic (exact) mass is 159 g/mol.